The van der Waals surface area contributed by atoms with Gasteiger partial charge in [0.2, 0.25) is 5.91 Å². The summed E-state index contributed by atoms with van der Waals surface area (Å²) in [7, 11) is 0. The molecule has 1 heterocycles. The molecule has 8 nitrogen and oxygen atoms in total. The number of carboxylic acid groups (broad SMARTS) is 1. The molecule has 2 rings (SSSR count). The summed E-state index contributed by atoms with van der Waals surface area (Å²) in [6.45, 7) is -0.320. The first-order valence-corrected chi connectivity index (χ1v) is 6.06. The first kappa shape index (κ1) is 14.7. The number of hydrogen-bond donors (Lipinski definition) is 2. The van der Waals surface area contributed by atoms with Crippen molar-refractivity contribution >= 4 is 29.4 Å². The Balaban J connectivity index is 1.96. The highest BCUT2D eigenvalue weighted by molar-refractivity contribution is 6.30. The lowest BCUT2D eigenvalue weighted by atomic mass is 10.2. The molecule has 1 aromatic carbocycles. The highest BCUT2D eigenvalue weighted by Gasteiger charge is 2.13. The van der Waals surface area contributed by atoms with Gasteiger partial charge in [0.15, 0.2) is 5.69 Å². The SMILES string of the molecule is O=C(Cn1cc(C(=O)O)nn1)NC(=O)c1ccc(Cl)cc1. The zero-order valence-electron chi connectivity index (χ0n) is 10.5. The highest BCUT2D eigenvalue weighted by Crippen LogP contribution is 2.09. The van der Waals surface area contributed by atoms with E-state index in [1.807, 2.05) is 0 Å². The number of nitrogens with zero attached hydrogens (tertiary/aromatic N) is 3. The number of benzene rings is 1. The Morgan fingerprint density at radius 2 is 1.90 bits per heavy atom. The van der Waals surface area contributed by atoms with Crippen LogP contribution in [0.2, 0.25) is 5.02 Å². The fraction of sp³-hybridized carbons (Fsp3) is 0.0833. The third kappa shape index (κ3) is 3.86. The largest absolute Gasteiger partial charge is 0.476 e. The number of hydrogen-bond acceptors (Lipinski definition) is 5. The minimum Gasteiger partial charge on any atom is -0.476 e. The molecule has 0 atom stereocenters. The molecule has 0 aliphatic carbocycles. The van der Waals surface area contributed by atoms with Crippen LogP contribution in [0.25, 0.3) is 0 Å². The van der Waals surface area contributed by atoms with Gasteiger partial charge in [0.05, 0.1) is 6.20 Å². The zero-order chi connectivity index (χ0) is 15.4. The van der Waals surface area contributed by atoms with Gasteiger partial charge in [0, 0.05) is 10.6 Å². The molecule has 0 saturated heterocycles. The van der Waals surface area contributed by atoms with Crippen LogP contribution in [0.15, 0.2) is 30.5 Å². The van der Waals surface area contributed by atoms with E-state index in [0.717, 1.165) is 10.9 Å². The lowest BCUT2D eigenvalue weighted by molar-refractivity contribution is -0.120. The third-order valence-corrected chi connectivity index (χ3v) is 2.67. The number of rotatable bonds is 4. The average molecular weight is 309 g/mol. The summed E-state index contributed by atoms with van der Waals surface area (Å²) < 4.78 is 1.02. The summed E-state index contributed by atoms with van der Waals surface area (Å²) in [5.41, 5.74) is -0.00982. The van der Waals surface area contributed by atoms with Gasteiger partial charge in [-0.2, -0.15) is 0 Å². The van der Waals surface area contributed by atoms with Crippen LogP contribution in [0.4, 0.5) is 0 Å². The van der Waals surface area contributed by atoms with E-state index < -0.39 is 17.8 Å². The number of halogens is 1. The maximum atomic E-state index is 11.8. The van der Waals surface area contributed by atoms with E-state index in [1.54, 1.807) is 0 Å². The fourth-order valence-electron chi connectivity index (χ4n) is 1.46. The Hall–Kier alpha value is -2.74. The molecule has 2 N–H and O–H groups in total. The monoisotopic (exact) mass is 308 g/mol. The van der Waals surface area contributed by atoms with Gasteiger partial charge in [0.1, 0.15) is 6.54 Å². The summed E-state index contributed by atoms with van der Waals surface area (Å²) in [5, 5.41) is 18.1. The summed E-state index contributed by atoms with van der Waals surface area (Å²) >= 11 is 5.69. The Bertz CT molecular complexity index is 696. The number of aromatic carboxylic acids is 1. The van der Waals surface area contributed by atoms with Crippen molar-refractivity contribution in [3.8, 4) is 0 Å². The third-order valence-electron chi connectivity index (χ3n) is 2.42. The molecule has 108 valence electrons. The van der Waals surface area contributed by atoms with Crippen LogP contribution in [-0.4, -0.2) is 37.9 Å². The molecule has 1 aromatic heterocycles. The molecule has 0 radical (unpaired) electrons. The first-order chi connectivity index (χ1) is 9.95. The fourth-order valence-corrected chi connectivity index (χ4v) is 1.59. The molecule has 0 aliphatic rings. The standard InChI is InChI=1S/C12H9ClN4O4/c13-8-3-1-7(2-4-8)11(19)14-10(18)6-17-5-9(12(20)21)15-16-17/h1-5H,6H2,(H,20,21)(H,14,18,19). The molecular weight excluding hydrogens is 300 g/mol. The van der Waals surface area contributed by atoms with Crippen LogP contribution in [0.1, 0.15) is 20.8 Å². The summed E-state index contributed by atoms with van der Waals surface area (Å²) in [6.07, 6.45) is 1.09. The number of aromatic nitrogens is 3. The van der Waals surface area contributed by atoms with Crippen LogP contribution >= 0.6 is 11.6 Å². The van der Waals surface area contributed by atoms with E-state index in [-0.39, 0.29) is 17.8 Å². The molecule has 0 saturated carbocycles. The highest BCUT2D eigenvalue weighted by atomic mass is 35.5. The van der Waals surface area contributed by atoms with Crippen molar-refractivity contribution in [2.24, 2.45) is 0 Å². The molecule has 21 heavy (non-hydrogen) atoms. The van der Waals surface area contributed by atoms with Crippen molar-refractivity contribution in [1.29, 1.82) is 0 Å². The van der Waals surface area contributed by atoms with Gasteiger partial charge in [-0.25, -0.2) is 9.48 Å². The van der Waals surface area contributed by atoms with E-state index in [0.29, 0.717) is 5.02 Å². The van der Waals surface area contributed by atoms with Crippen molar-refractivity contribution in [3.63, 3.8) is 0 Å². The lowest BCUT2D eigenvalue weighted by Crippen LogP contribution is -2.33. The number of carboxylic acids is 1. The van der Waals surface area contributed by atoms with E-state index in [1.165, 1.54) is 24.3 Å². The lowest BCUT2D eigenvalue weighted by Gasteiger charge is -2.04. The molecule has 2 amide bonds. The van der Waals surface area contributed by atoms with E-state index in [2.05, 4.69) is 15.6 Å². The maximum absolute atomic E-state index is 11.8. The summed E-state index contributed by atoms with van der Waals surface area (Å²) in [6, 6.07) is 6.00. The zero-order valence-corrected chi connectivity index (χ0v) is 11.2. The molecule has 0 fully saturated rings. The number of nitrogens with one attached hydrogen (secondary N) is 1. The Kier molecular flexibility index (Phi) is 4.29. The predicted molar refractivity (Wildman–Crippen MR) is 70.9 cm³/mol. The van der Waals surface area contributed by atoms with Gasteiger partial charge >= 0.3 is 5.97 Å². The summed E-state index contributed by atoms with van der Waals surface area (Å²) in [5.74, 6) is -2.48. The Morgan fingerprint density at radius 1 is 1.24 bits per heavy atom. The minimum absolute atomic E-state index is 0.276. The van der Waals surface area contributed by atoms with Crippen LogP contribution in [0.3, 0.4) is 0 Å². The molecule has 2 aromatic rings. The van der Waals surface area contributed by atoms with Crippen molar-refractivity contribution < 1.29 is 19.5 Å². The van der Waals surface area contributed by atoms with Crippen molar-refractivity contribution in [3.05, 3.63) is 46.7 Å². The smallest absolute Gasteiger partial charge is 0.358 e. The summed E-state index contributed by atoms with van der Waals surface area (Å²) in [4.78, 5) is 34.0. The van der Waals surface area contributed by atoms with E-state index >= 15 is 0 Å². The van der Waals surface area contributed by atoms with Gasteiger partial charge in [-0.05, 0) is 24.3 Å². The molecule has 0 bridgehead atoms. The van der Waals surface area contributed by atoms with Crippen molar-refractivity contribution in [2.75, 3.05) is 0 Å². The van der Waals surface area contributed by atoms with Crippen LogP contribution in [-0.2, 0) is 11.3 Å². The quantitative estimate of drug-likeness (QED) is 0.854. The first-order valence-electron chi connectivity index (χ1n) is 5.69. The van der Waals surface area contributed by atoms with E-state index in [9.17, 15) is 14.4 Å². The maximum Gasteiger partial charge on any atom is 0.358 e. The topological polar surface area (TPSA) is 114 Å². The van der Waals surface area contributed by atoms with Crippen LogP contribution in [0.5, 0.6) is 0 Å². The second-order valence-corrected chi connectivity index (χ2v) is 4.43. The predicted octanol–water partition coefficient (Wildman–Crippen LogP) is 0.586. The van der Waals surface area contributed by atoms with Crippen LogP contribution in [0, 0.1) is 0 Å². The van der Waals surface area contributed by atoms with E-state index in [4.69, 9.17) is 16.7 Å². The van der Waals surface area contributed by atoms with Gasteiger partial charge in [-0.1, -0.05) is 16.8 Å². The molecular formula is C12H9ClN4O4. The normalized spacial score (nSPS) is 10.1. The number of carbonyl (C=O) groups excluding carboxylic acids is 2. The van der Waals surface area contributed by atoms with Gasteiger partial charge < -0.3 is 5.11 Å². The average Bonchev–Trinajstić information content (AvgIpc) is 2.87. The molecule has 9 heteroatoms. The van der Waals surface area contributed by atoms with Gasteiger partial charge in [-0.15, -0.1) is 5.10 Å². The second-order valence-electron chi connectivity index (χ2n) is 3.99. The number of imide groups is 1. The number of amides is 2. The minimum atomic E-state index is -1.25. The molecule has 0 aliphatic heterocycles. The van der Waals surface area contributed by atoms with Crippen LogP contribution < -0.4 is 5.32 Å². The molecule has 0 unspecified atom stereocenters. The van der Waals surface area contributed by atoms with Gasteiger partial charge in [-0.3, -0.25) is 14.9 Å². The molecule has 0 spiro atoms. The van der Waals surface area contributed by atoms with Crippen molar-refractivity contribution in [2.45, 2.75) is 6.54 Å². The van der Waals surface area contributed by atoms with Gasteiger partial charge in [0.25, 0.3) is 5.91 Å². The number of carbonyl (C=O) groups is 3. The second kappa shape index (κ2) is 6.14. The van der Waals surface area contributed by atoms with Crippen molar-refractivity contribution in [1.82, 2.24) is 20.3 Å². The Labute approximate surface area is 123 Å². The Morgan fingerprint density at radius 3 is 2.48 bits per heavy atom.